The summed E-state index contributed by atoms with van der Waals surface area (Å²) in [5.74, 6) is -1.05. The van der Waals surface area contributed by atoms with Crippen molar-refractivity contribution in [1.82, 2.24) is 4.90 Å². The van der Waals surface area contributed by atoms with Gasteiger partial charge in [-0.15, -0.1) is 0 Å². The van der Waals surface area contributed by atoms with Crippen molar-refractivity contribution in [2.24, 2.45) is 11.8 Å². The predicted octanol–water partition coefficient (Wildman–Crippen LogP) is 1.27. The van der Waals surface area contributed by atoms with Gasteiger partial charge in [0.2, 0.25) is 5.91 Å². The van der Waals surface area contributed by atoms with Crippen molar-refractivity contribution in [3.8, 4) is 0 Å². The van der Waals surface area contributed by atoms with Crippen LogP contribution in [0.25, 0.3) is 0 Å². The number of amides is 1. The van der Waals surface area contributed by atoms with E-state index >= 15 is 0 Å². The Kier molecular flexibility index (Phi) is 2.89. The number of carbonyl (C=O) groups is 2. The van der Waals surface area contributed by atoms with E-state index in [1.165, 1.54) is 12.8 Å². The quantitative estimate of drug-likeness (QED) is 0.580. The van der Waals surface area contributed by atoms with E-state index in [-0.39, 0.29) is 23.9 Å². The molecule has 3 heterocycles. The van der Waals surface area contributed by atoms with Gasteiger partial charge in [-0.1, -0.05) is 25.0 Å². The number of ether oxygens (including phenoxy) is 2. The van der Waals surface area contributed by atoms with Gasteiger partial charge in [-0.05, 0) is 19.8 Å². The molecule has 0 radical (unpaired) electrons. The Bertz CT molecular complexity index is 510. The van der Waals surface area contributed by atoms with E-state index in [2.05, 4.69) is 0 Å². The highest BCUT2D eigenvalue weighted by Crippen LogP contribution is 2.53. The molecule has 5 heteroatoms. The number of likely N-dealkylation sites (tertiary alicyclic amines) is 1. The fraction of sp³-hybridized carbons (Fsp3) is 0.750. The highest BCUT2D eigenvalue weighted by molar-refractivity contribution is 5.91. The average molecular weight is 291 g/mol. The first-order valence-electron chi connectivity index (χ1n) is 8.00. The monoisotopic (exact) mass is 291 g/mol. The molecule has 1 amide bonds. The SMILES string of the molecule is CCOC(=O)C1[C@H]2C=CC3(CN(C4CCCC4)C(=O)[C@@H]13)O2. The third kappa shape index (κ3) is 1.73. The third-order valence-electron chi connectivity index (χ3n) is 5.45. The molecule has 0 N–H and O–H groups in total. The second kappa shape index (κ2) is 4.57. The van der Waals surface area contributed by atoms with Crippen molar-refractivity contribution in [2.75, 3.05) is 13.2 Å². The number of carbonyl (C=O) groups excluding carboxylic acids is 2. The van der Waals surface area contributed by atoms with Crippen LogP contribution in [0.5, 0.6) is 0 Å². The lowest BCUT2D eigenvalue weighted by atomic mass is 9.77. The molecule has 1 spiro atoms. The largest absolute Gasteiger partial charge is 0.466 e. The summed E-state index contributed by atoms with van der Waals surface area (Å²) in [5.41, 5.74) is -0.582. The first kappa shape index (κ1) is 13.3. The number of nitrogens with zero attached hydrogens (tertiary/aromatic N) is 1. The molecule has 4 rings (SSSR count). The van der Waals surface area contributed by atoms with Crippen LogP contribution in [0.1, 0.15) is 32.6 Å². The van der Waals surface area contributed by atoms with Gasteiger partial charge >= 0.3 is 5.97 Å². The summed E-state index contributed by atoms with van der Waals surface area (Å²) in [6, 6.07) is 0.330. The summed E-state index contributed by atoms with van der Waals surface area (Å²) in [6.45, 7) is 2.73. The lowest BCUT2D eigenvalue weighted by molar-refractivity contribution is -0.153. The number of hydrogen-bond acceptors (Lipinski definition) is 4. The summed E-state index contributed by atoms with van der Waals surface area (Å²) >= 11 is 0. The Morgan fingerprint density at radius 1 is 1.48 bits per heavy atom. The molecule has 114 valence electrons. The molecule has 2 unspecified atom stereocenters. The Morgan fingerprint density at radius 2 is 2.24 bits per heavy atom. The zero-order chi connectivity index (χ0) is 14.6. The van der Waals surface area contributed by atoms with Gasteiger partial charge in [0.1, 0.15) is 11.5 Å². The molecule has 3 fully saturated rings. The number of esters is 1. The normalized spacial score (nSPS) is 41.1. The lowest BCUT2D eigenvalue weighted by Gasteiger charge is -2.26. The Labute approximate surface area is 124 Å². The molecule has 4 aliphatic rings. The van der Waals surface area contributed by atoms with Crippen molar-refractivity contribution < 1.29 is 19.1 Å². The Balaban J connectivity index is 1.63. The first-order valence-corrected chi connectivity index (χ1v) is 8.00. The summed E-state index contributed by atoms with van der Waals surface area (Å²) in [5, 5.41) is 0. The van der Waals surface area contributed by atoms with Crippen LogP contribution < -0.4 is 0 Å². The third-order valence-corrected chi connectivity index (χ3v) is 5.45. The van der Waals surface area contributed by atoms with Crippen LogP contribution >= 0.6 is 0 Å². The summed E-state index contributed by atoms with van der Waals surface area (Å²) in [6.07, 6.45) is 8.18. The number of fused-ring (bicyclic) bond motifs is 1. The fourth-order valence-corrected chi connectivity index (χ4v) is 4.56. The topological polar surface area (TPSA) is 55.8 Å². The fourth-order valence-electron chi connectivity index (χ4n) is 4.56. The van der Waals surface area contributed by atoms with Gasteiger partial charge in [-0.2, -0.15) is 0 Å². The molecule has 0 aromatic heterocycles. The van der Waals surface area contributed by atoms with Crippen LogP contribution in [0.15, 0.2) is 12.2 Å². The highest BCUT2D eigenvalue weighted by Gasteiger charge is 2.67. The van der Waals surface area contributed by atoms with E-state index in [1.807, 2.05) is 17.1 Å². The van der Waals surface area contributed by atoms with E-state index in [1.54, 1.807) is 6.92 Å². The van der Waals surface area contributed by atoms with Crippen molar-refractivity contribution >= 4 is 11.9 Å². The minimum atomic E-state index is -0.582. The molecule has 3 aliphatic heterocycles. The lowest BCUT2D eigenvalue weighted by Crippen LogP contribution is -2.41. The van der Waals surface area contributed by atoms with Crippen molar-refractivity contribution in [3.63, 3.8) is 0 Å². The Hall–Kier alpha value is -1.36. The summed E-state index contributed by atoms with van der Waals surface area (Å²) in [7, 11) is 0. The summed E-state index contributed by atoms with van der Waals surface area (Å²) < 4.78 is 11.2. The first-order chi connectivity index (χ1) is 10.2. The van der Waals surface area contributed by atoms with Crippen LogP contribution in [-0.4, -0.2) is 47.7 Å². The molecule has 2 saturated heterocycles. The van der Waals surface area contributed by atoms with Gasteiger partial charge in [-0.3, -0.25) is 9.59 Å². The van der Waals surface area contributed by atoms with Gasteiger partial charge in [0.05, 0.1) is 25.2 Å². The molecule has 0 aromatic carbocycles. The second-order valence-corrected chi connectivity index (χ2v) is 6.56. The molecular weight excluding hydrogens is 270 g/mol. The standard InChI is InChI=1S/C16H21NO4/c1-2-20-15(19)12-11-7-8-16(21-11)9-17(14(18)13(12)16)10-5-3-4-6-10/h7-8,10-13H,2-6,9H2,1H3/t11-,12?,13-,16?/m1/s1. The summed E-state index contributed by atoms with van der Waals surface area (Å²) in [4.78, 5) is 27.1. The van der Waals surface area contributed by atoms with Crippen LogP contribution in [0.3, 0.4) is 0 Å². The van der Waals surface area contributed by atoms with Crippen LogP contribution in [0, 0.1) is 11.8 Å². The van der Waals surface area contributed by atoms with E-state index in [0.717, 1.165) is 12.8 Å². The molecular formula is C16H21NO4. The molecule has 2 bridgehead atoms. The maximum atomic E-state index is 12.9. The van der Waals surface area contributed by atoms with E-state index < -0.39 is 11.5 Å². The van der Waals surface area contributed by atoms with Gasteiger partial charge in [0, 0.05) is 6.04 Å². The second-order valence-electron chi connectivity index (χ2n) is 6.56. The van der Waals surface area contributed by atoms with Crippen LogP contribution in [0.2, 0.25) is 0 Å². The van der Waals surface area contributed by atoms with Gasteiger partial charge in [-0.25, -0.2) is 0 Å². The molecule has 0 aromatic rings. The van der Waals surface area contributed by atoms with Crippen molar-refractivity contribution in [2.45, 2.75) is 50.4 Å². The Morgan fingerprint density at radius 3 is 2.95 bits per heavy atom. The van der Waals surface area contributed by atoms with Gasteiger partial charge in [0.15, 0.2) is 0 Å². The molecule has 21 heavy (non-hydrogen) atoms. The van der Waals surface area contributed by atoms with E-state index in [0.29, 0.717) is 19.2 Å². The molecule has 1 saturated carbocycles. The molecule has 5 nitrogen and oxygen atoms in total. The minimum absolute atomic E-state index is 0.0896. The average Bonchev–Trinajstić information content (AvgIpc) is 3.19. The molecule has 1 aliphatic carbocycles. The maximum Gasteiger partial charge on any atom is 0.312 e. The zero-order valence-electron chi connectivity index (χ0n) is 12.3. The van der Waals surface area contributed by atoms with E-state index in [9.17, 15) is 9.59 Å². The predicted molar refractivity (Wildman–Crippen MR) is 74.3 cm³/mol. The van der Waals surface area contributed by atoms with Crippen LogP contribution in [0.4, 0.5) is 0 Å². The highest BCUT2D eigenvalue weighted by atomic mass is 16.6. The van der Waals surface area contributed by atoms with Gasteiger partial charge < -0.3 is 14.4 Å². The van der Waals surface area contributed by atoms with Crippen LogP contribution in [-0.2, 0) is 19.1 Å². The van der Waals surface area contributed by atoms with Gasteiger partial charge in [0.25, 0.3) is 0 Å². The smallest absolute Gasteiger partial charge is 0.312 e. The number of hydrogen-bond donors (Lipinski definition) is 0. The van der Waals surface area contributed by atoms with Crippen molar-refractivity contribution in [1.29, 1.82) is 0 Å². The molecule has 4 atom stereocenters. The van der Waals surface area contributed by atoms with Crippen molar-refractivity contribution in [3.05, 3.63) is 12.2 Å². The van der Waals surface area contributed by atoms with E-state index in [4.69, 9.17) is 9.47 Å². The maximum absolute atomic E-state index is 12.9. The number of rotatable bonds is 3. The zero-order valence-corrected chi connectivity index (χ0v) is 12.3. The minimum Gasteiger partial charge on any atom is -0.466 e.